The van der Waals surface area contributed by atoms with Gasteiger partial charge in [0.15, 0.2) is 5.11 Å². The van der Waals surface area contributed by atoms with Crippen LogP contribution in [0.25, 0.3) is 0 Å². The molecule has 0 aliphatic carbocycles. The average Bonchev–Trinajstić information content (AvgIpc) is 2.45. The first-order chi connectivity index (χ1) is 9.56. The third-order valence-electron chi connectivity index (χ3n) is 2.12. The van der Waals surface area contributed by atoms with E-state index >= 15 is 0 Å². The summed E-state index contributed by atoms with van der Waals surface area (Å²) in [5.74, 6) is -0.382. The van der Waals surface area contributed by atoms with Gasteiger partial charge in [-0.2, -0.15) is 0 Å². The maximum Gasteiger partial charge on any atom is 0.425 e. The van der Waals surface area contributed by atoms with E-state index < -0.39 is 6.09 Å². The van der Waals surface area contributed by atoms with Gasteiger partial charge in [0, 0.05) is 5.69 Å². The molecule has 0 atom stereocenters. The Labute approximate surface area is 121 Å². The number of nitrogens with one attached hydrogen (secondary N) is 3. The lowest BCUT2D eigenvalue weighted by Gasteiger charge is -2.11. The SMILES string of the molecule is CCOC(=O)c1ccc(NC(=S)NNC(=O)OC)cc1. The zero-order valence-electron chi connectivity index (χ0n) is 11.1. The van der Waals surface area contributed by atoms with E-state index in [1.807, 2.05) is 0 Å². The molecule has 0 bridgehead atoms. The Morgan fingerprint density at radius 2 is 1.85 bits per heavy atom. The van der Waals surface area contributed by atoms with Crippen molar-refractivity contribution < 1.29 is 19.1 Å². The molecule has 0 fully saturated rings. The van der Waals surface area contributed by atoms with E-state index in [-0.39, 0.29) is 11.1 Å². The van der Waals surface area contributed by atoms with Gasteiger partial charge < -0.3 is 14.8 Å². The minimum absolute atomic E-state index is 0.180. The number of methoxy groups -OCH3 is 1. The van der Waals surface area contributed by atoms with Crippen LogP contribution in [0.2, 0.25) is 0 Å². The van der Waals surface area contributed by atoms with Crippen molar-refractivity contribution in [3.05, 3.63) is 29.8 Å². The Bertz CT molecular complexity index is 490. The summed E-state index contributed by atoms with van der Waals surface area (Å²) in [6, 6.07) is 6.55. The van der Waals surface area contributed by atoms with Crippen molar-refractivity contribution in [1.29, 1.82) is 0 Å². The molecule has 0 saturated carbocycles. The lowest BCUT2D eigenvalue weighted by atomic mass is 10.2. The molecular formula is C12H15N3O4S. The van der Waals surface area contributed by atoms with Crippen LogP contribution in [-0.4, -0.2) is 30.9 Å². The second kappa shape index (κ2) is 7.95. The Morgan fingerprint density at radius 3 is 2.40 bits per heavy atom. The van der Waals surface area contributed by atoms with E-state index in [0.29, 0.717) is 17.9 Å². The molecule has 1 amide bonds. The van der Waals surface area contributed by atoms with Gasteiger partial charge in [-0.3, -0.25) is 5.43 Å². The Morgan fingerprint density at radius 1 is 1.20 bits per heavy atom. The molecule has 0 aromatic heterocycles. The number of anilines is 1. The number of carbonyl (C=O) groups excluding carboxylic acids is 2. The molecule has 8 heteroatoms. The number of amides is 1. The predicted octanol–water partition coefficient (Wildman–Crippen LogP) is 1.42. The first-order valence-corrected chi connectivity index (χ1v) is 6.15. The third kappa shape index (κ3) is 5.11. The molecule has 0 unspecified atom stereocenters. The van der Waals surface area contributed by atoms with E-state index in [2.05, 4.69) is 20.9 Å². The molecule has 0 saturated heterocycles. The number of hydrogen-bond acceptors (Lipinski definition) is 5. The van der Waals surface area contributed by atoms with Crippen LogP contribution >= 0.6 is 12.2 Å². The highest BCUT2D eigenvalue weighted by atomic mass is 32.1. The number of thiocarbonyl (C=S) groups is 1. The maximum atomic E-state index is 11.4. The highest BCUT2D eigenvalue weighted by Gasteiger charge is 2.06. The average molecular weight is 297 g/mol. The number of carbonyl (C=O) groups is 2. The fraction of sp³-hybridized carbons (Fsp3) is 0.250. The second-order valence-corrected chi connectivity index (χ2v) is 3.90. The molecule has 0 aliphatic heterocycles. The minimum atomic E-state index is -0.660. The molecule has 0 heterocycles. The molecule has 7 nitrogen and oxygen atoms in total. The normalized spacial score (nSPS) is 9.30. The first-order valence-electron chi connectivity index (χ1n) is 5.75. The number of benzene rings is 1. The molecule has 0 radical (unpaired) electrons. The molecule has 3 N–H and O–H groups in total. The zero-order chi connectivity index (χ0) is 15.0. The van der Waals surface area contributed by atoms with Crippen LogP contribution in [0.1, 0.15) is 17.3 Å². The Kier molecular flexibility index (Phi) is 6.24. The van der Waals surface area contributed by atoms with Crippen molar-refractivity contribution >= 4 is 35.1 Å². The van der Waals surface area contributed by atoms with Gasteiger partial charge in [-0.15, -0.1) is 0 Å². The van der Waals surface area contributed by atoms with Crippen LogP contribution in [0.4, 0.5) is 10.5 Å². The molecular weight excluding hydrogens is 282 g/mol. The monoisotopic (exact) mass is 297 g/mol. The summed E-state index contributed by atoms with van der Waals surface area (Å²) in [5.41, 5.74) is 5.76. The van der Waals surface area contributed by atoms with Gasteiger partial charge in [0.2, 0.25) is 0 Å². The number of ether oxygens (including phenoxy) is 2. The predicted molar refractivity (Wildman–Crippen MR) is 77.3 cm³/mol. The van der Waals surface area contributed by atoms with E-state index in [0.717, 1.165) is 0 Å². The van der Waals surface area contributed by atoms with Gasteiger partial charge in [0.1, 0.15) is 0 Å². The van der Waals surface area contributed by atoms with Crippen LogP contribution < -0.4 is 16.2 Å². The van der Waals surface area contributed by atoms with Crippen molar-refractivity contribution in [3.63, 3.8) is 0 Å². The van der Waals surface area contributed by atoms with Crippen LogP contribution in [0.15, 0.2) is 24.3 Å². The van der Waals surface area contributed by atoms with Gasteiger partial charge in [0.25, 0.3) is 0 Å². The van der Waals surface area contributed by atoms with Crippen molar-refractivity contribution in [2.24, 2.45) is 0 Å². The largest absolute Gasteiger partial charge is 0.462 e. The Hall–Kier alpha value is -2.35. The van der Waals surface area contributed by atoms with Crippen LogP contribution in [0.5, 0.6) is 0 Å². The number of hydrazine groups is 1. The van der Waals surface area contributed by atoms with Crippen molar-refractivity contribution in [1.82, 2.24) is 10.9 Å². The van der Waals surface area contributed by atoms with Gasteiger partial charge in [-0.25, -0.2) is 15.0 Å². The molecule has 0 spiro atoms. The van der Waals surface area contributed by atoms with Crippen LogP contribution in [-0.2, 0) is 9.47 Å². The quantitative estimate of drug-likeness (QED) is 0.442. The van der Waals surface area contributed by atoms with Crippen LogP contribution in [0, 0.1) is 0 Å². The number of rotatable bonds is 3. The van der Waals surface area contributed by atoms with Gasteiger partial charge in [-0.05, 0) is 43.4 Å². The molecule has 1 aromatic rings. The van der Waals surface area contributed by atoms with Gasteiger partial charge >= 0.3 is 12.1 Å². The van der Waals surface area contributed by atoms with Crippen molar-refractivity contribution in [2.75, 3.05) is 19.0 Å². The highest BCUT2D eigenvalue weighted by molar-refractivity contribution is 7.80. The molecule has 1 aromatic carbocycles. The maximum absolute atomic E-state index is 11.4. The zero-order valence-corrected chi connectivity index (χ0v) is 11.9. The van der Waals surface area contributed by atoms with Crippen molar-refractivity contribution in [3.8, 4) is 0 Å². The second-order valence-electron chi connectivity index (χ2n) is 3.49. The minimum Gasteiger partial charge on any atom is -0.462 e. The first kappa shape index (κ1) is 15.7. The molecule has 1 rings (SSSR count). The number of hydrogen-bond donors (Lipinski definition) is 3. The lowest BCUT2D eigenvalue weighted by Crippen LogP contribution is -2.43. The summed E-state index contributed by atoms with van der Waals surface area (Å²) in [7, 11) is 1.24. The standard InChI is InChI=1S/C12H15N3O4S/c1-3-19-10(16)8-4-6-9(7-5-8)13-11(20)14-15-12(17)18-2/h4-7H,3H2,1-2H3,(H,15,17)(H2,13,14,20). The summed E-state index contributed by atoms with van der Waals surface area (Å²) in [4.78, 5) is 22.3. The lowest BCUT2D eigenvalue weighted by molar-refractivity contribution is 0.0526. The highest BCUT2D eigenvalue weighted by Crippen LogP contribution is 2.10. The molecule has 0 aliphatic rings. The summed E-state index contributed by atoms with van der Waals surface area (Å²) in [5, 5.41) is 3.00. The van der Waals surface area contributed by atoms with Gasteiger partial charge in [-0.1, -0.05) is 0 Å². The fourth-order valence-corrected chi connectivity index (χ4v) is 1.39. The third-order valence-corrected chi connectivity index (χ3v) is 2.32. The summed E-state index contributed by atoms with van der Waals surface area (Å²) >= 11 is 4.94. The topological polar surface area (TPSA) is 88.7 Å². The van der Waals surface area contributed by atoms with Crippen molar-refractivity contribution in [2.45, 2.75) is 6.92 Å². The van der Waals surface area contributed by atoms with Gasteiger partial charge in [0.05, 0.1) is 19.3 Å². The summed E-state index contributed by atoms with van der Waals surface area (Å²) in [6.45, 7) is 2.07. The summed E-state index contributed by atoms with van der Waals surface area (Å²) < 4.78 is 9.23. The number of esters is 1. The fourth-order valence-electron chi connectivity index (χ4n) is 1.23. The van der Waals surface area contributed by atoms with E-state index in [1.54, 1.807) is 31.2 Å². The molecule has 20 heavy (non-hydrogen) atoms. The summed E-state index contributed by atoms with van der Waals surface area (Å²) in [6.07, 6.45) is -0.660. The van der Waals surface area contributed by atoms with E-state index in [4.69, 9.17) is 17.0 Å². The molecule has 108 valence electrons. The Balaban J connectivity index is 2.50. The van der Waals surface area contributed by atoms with Crippen LogP contribution in [0.3, 0.4) is 0 Å². The smallest absolute Gasteiger partial charge is 0.425 e. The van der Waals surface area contributed by atoms with E-state index in [9.17, 15) is 9.59 Å². The van der Waals surface area contributed by atoms with E-state index in [1.165, 1.54) is 7.11 Å².